The van der Waals surface area contributed by atoms with Crippen molar-refractivity contribution in [1.82, 2.24) is 9.80 Å². The first-order chi connectivity index (χ1) is 10.1. The molecule has 1 saturated carbocycles. The minimum Gasteiger partial charge on any atom is -0.481 e. The summed E-state index contributed by atoms with van der Waals surface area (Å²) in [7, 11) is 2.13. The third-order valence-electron chi connectivity index (χ3n) is 5.47. The first-order valence-electron chi connectivity index (χ1n) is 8.77. The molecule has 0 bridgehead atoms. The molecule has 0 aromatic heterocycles. The summed E-state index contributed by atoms with van der Waals surface area (Å²) < 4.78 is 0. The van der Waals surface area contributed by atoms with E-state index in [9.17, 15) is 9.90 Å². The molecule has 1 N–H and O–H groups in total. The van der Waals surface area contributed by atoms with Crippen LogP contribution in [-0.4, -0.2) is 60.1 Å². The van der Waals surface area contributed by atoms with Crippen LogP contribution in [0.2, 0.25) is 0 Å². The monoisotopic (exact) mass is 296 g/mol. The predicted molar refractivity (Wildman–Crippen MR) is 85.5 cm³/mol. The Morgan fingerprint density at radius 2 is 2.00 bits per heavy atom. The lowest BCUT2D eigenvalue weighted by molar-refractivity contribution is -0.146. The van der Waals surface area contributed by atoms with Crippen LogP contribution in [0.3, 0.4) is 0 Å². The van der Waals surface area contributed by atoms with Crippen molar-refractivity contribution in [2.24, 2.45) is 11.8 Å². The molecule has 122 valence electrons. The van der Waals surface area contributed by atoms with Gasteiger partial charge in [0, 0.05) is 19.1 Å². The van der Waals surface area contributed by atoms with E-state index in [0.29, 0.717) is 0 Å². The Labute approximate surface area is 129 Å². The van der Waals surface area contributed by atoms with E-state index in [4.69, 9.17) is 0 Å². The topological polar surface area (TPSA) is 43.8 Å². The second-order valence-corrected chi connectivity index (χ2v) is 7.01. The van der Waals surface area contributed by atoms with Crippen molar-refractivity contribution in [3.05, 3.63) is 0 Å². The van der Waals surface area contributed by atoms with Crippen LogP contribution in [0.15, 0.2) is 0 Å². The van der Waals surface area contributed by atoms with E-state index >= 15 is 0 Å². The average Bonchev–Trinajstić information content (AvgIpc) is 2.98. The fraction of sp³-hybridized carbons (Fsp3) is 0.941. The fourth-order valence-corrected chi connectivity index (χ4v) is 4.15. The molecule has 0 aromatic rings. The normalized spacial score (nSPS) is 30.9. The summed E-state index contributed by atoms with van der Waals surface area (Å²) in [5.41, 5.74) is 0. The summed E-state index contributed by atoms with van der Waals surface area (Å²) in [4.78, 5) is 16.4. The summed E-state index contributed by atoms with van der Waals surface area (Å²) in [6.07, 6.45) is 8.14. The van der Waals surface area contributed by atoms with Crippen molar-refractivity contribution in [2.75, 3.05) is 33.2 Å². The van der Waals surface area contributed by atoms with E-state index in [1.54, 1.807) is 0 Å². The van der Waals surface area contributed by atoms with Crippen LogP contribution in [0.1, 0.15) is 51.9 Å². The van der Waals surface area contributed by atoms with Crippen molar-refractivity contribution in [3.63, 3.8) is 0 Å². The Morgan fingerprint density at radius 1 is 1.29 bits per heavy atom. The van der Waals surface area contributed by atoms with Crippen LogP contribution in [-0.2, 0) is 4.79 Å². The van der Waals surface area contributed by atoms with Crippen molar-refractivity contribution in [2.45, 2.75) is 57.9 Å². The van der Waals surface area contributed by atoms with Crippen molar-refractivity contribution in [1.29, 1.82) is 0 Å². The van der Waals surface area contributed by atoms with E-state index in [0.717, 1.165) is 38.3 Å². The molecular formula is C17H32N2O2. The summed E-state index contributed by atoms with van der Waals surface area (Å²) in [5.74, 6) is -0.0329. The van der Waals surface area contributed by atoms with Gasteiger partial charge in [0.15, 0.2) is 0 Å². The second-order valence-electron chi connectivity index (χ2n) is 7.01. The van der Waals surface area contributed by atoms with Crippen LogP contribution in [0, 0.1) is 11.8 Å². The molecule has 4 nitrogen and oxygen atoms in total. The number of hydrogen-bond donors (Lipinski definition) is 1. The van der Waals surface area contributed by atoms with Crippen LogP contribution < -0.4 is 0 Å². The number of carboxylic acid groups (broad SMARTS) is 1. The molecule has 1 aliphatic carbocycles. The van der Waals surface area contributed by atoms with Gasteiger partial charge in [0.2, 0.25) is 0 Å². The molecule has 4 heteroatoms. The van der Waals surface area contributed by atoms with Crippen molar-refractivity contribution < 1.29 is 9.90 Å². The molecule has 3 atom stereocenters. The van der Waals surface area contributed by atoms with Gasteiger partial charge < -0.3 is 14.9 Å². The third-order valence-corrected chi connectivity index (χ3v) is 5.47. The van der Waals surface area contributed by atoms with Crippen LogP contribution in [0.4, 0.5) is 0 Å². The zero-order valence-electron chi connectivity index (χ0n) is 13.8. The van der Waals surface area contributed by atoms with Gasteiger partial charge in [0.1, 0.15) is 0 Å². The Bertz CT molecular complexity index is 329. The molecule has 21 heavy (non-hydrogen) atoms. The molecule has 0 radical (unpaired) electrons. The van der Waals surface area contributed by atoms with Gasteiger partial charge in [-0.25, -0.2) is 0 Å². The van der Waals surface area contributed by atoms with Crippen LogP contribution in [0.5, 0.6) is 0 Å². The van der Waals surface area contributed by atoms with Gasteiger partial charge in [0.25, 0.3) is 0 Å². The molecule has 2 fully saturated rings. The third kappa shape index (κ3) is 4.68. The van der Waals surface area contributed by atoms with Crippen LogP contribution in [0.25, 0.3) is 0 Å². The Morgan fingerprint density at radius 3 is 2.62 bits per heavy atom. The molecule has 1 aliphatic heterocycles. The zero-order chi connectivity index (χ0) is 15.2. The summed E-state index contributed by atoms with van der Waals surface area (Å²) in [6.45, 7) is 6.78. The molecule has 0 spiro atoms. The van der Waals surface area contributed by atoms with E-state index in [2.05, 4.69) is 23.8 Å². The lowest BCUT2D eigenvalue weighted by atomic mass is 9.76. The summed E-state index contributed by atoms with van der Waals surface area (Å²) in [6, 6.07) is 0.232. The Kier molecular flexibility index (Phi) is 6.49. The van der Waals surface area contributed by atoms with Gasteiger partial charge in [-0.15, -0.1) is 0 Å². The summed E-state index contributed by atoms with van der Waals surface area (Å²) >= 11 is 0. The lowest BCUT2D eigenvalue weighted by Gasteiger charge is -2.40. The number of likely N-dealkylation sites (tertiary alicyclic amines) is 1. The first-order valence-corrected chi connectivity index (χ1v) is 8.77. The Balaban J connectivity index is 1.88. The minimum absolute atomic E-state index is 0.165. The first kappa shape index (κ1) is 16.8. The number of hydrogen-bond acceptors (Lipinski definition) is 3. The van der Waals surface area contributed by atoms with Crippen molar-refractivity contribution >= 4 is 5.97 Å². The molecule has 0 aromatic carbocycles. The predicted octanol–water partition coefficient (Wildman–Crippen LogP) is 2.68. The van der Waals surface area contributed by atoms with E-state index in [1.165, 1.54) is 38.8 Å². The Hall–Kier alpha value is -0.610. The number of carboxylic acids is 1. The maximum Gasteiger partial charge on any atom is 0.308 e. The number of aliphatic carboxylic acids is 1. The molecule has 2 aliphatic rings. The highest BCUT2D eigenvalue weighted by Crippen LogP contribution is 2.34. The lowest BCUT2D eigenvalue weighted by Crippen LogP contribution is -2.47. The quantitative estimate of drug-likeness (QED) is 0.784. The van der Waals surface area contributed by atoms with Crippen molar-refractivity contribution in [3.8, 4) is 0 Å². The molecule has 0 amide bonds. The van der Waals surface area contributed by atoms with Gasteiger partial charge in [-0.2, -0.15) is 0 Å². The number of nitrogens with zero attached hydrogens (tertiary/aromatic N) is 2. The van der Waals surface area contributed by atoms with Gasteiger partial charge in [-0.1, -0.05) is 19.8 Å². The van der Waals surface area contributed by atoms with E-state index in [1.807, 2.05) is 0 Å². The summed E-state index contributed by atoms with van der Waals surface area (Å²) in [5, 5.41) is 9.52. The molecule has 1 heterocycles. The zero-order valence-corrected chi connectivity index (χ0v) is 13.8. The highest BCUT2D eigenvalue weighted by molar-refractivity contribution is 5.71. The fourth-order valence-electron chi connectivity index (χ4n) is 4.15. The highest BCUT2D eigenvalue weighted by atomic mass is 16.4. The second kappa shape index (κ2) is 8.14. The maximum atomic E-state index is 11.6. The number of rotatable bonds is 7. The molecular weight excluding hydrogens is 264 g/mol. The average molecular weight is 296 g/mol. The van der Waals surface area contributed by atoms with Gasteiger partial charge in [-0.3, -0.25) is 4.79 Å². The van der Waals surface area contributed by atoms with Gasteiger partial charge in [-0.05, 0) is 58.2 Å². The minimum atomic E-state index is -0.594. The SMILES string of the molecule is CCCC1CCC(C(=O)O)C(N(C)CCN2CCCC2)C1. The van der Waals surface area contributed by atoms with Gasteiger partial charge in [0.05, 0.1) is 5.92 Å². The molecule has 1 saturated heterocycles. The number of likely N-dealkylation sites (N-methyl/N-ethyl adjacent to an activating group) is 1. The largest absolute Gasteiger partial charge is 0.481 e. The van der Waals surface area contributed by atoms with E-state index < -0.39 is 5.97 Å². The maximum absolute atomic E-state index is 11.6. The van der Waals surface area contributed by atoms with Crippen LogP contribution >= 0.6 is 0 Å². The standard InChI is InChI=1S/C17H32N2O2/c1-3-6-14-7-8-15(17(20)21)16(13-14)18(2)11-12-19-9-4-5-10-19/h14-16H,3-13H2,1-2H3,(H,20,21). The highest BCUT2D eigenvalue weighted by Gasteiger charge is 2.36. The number of carbonyl (C=O) groups is 1. The van der Waals surface area contributed by atoms with E-state index in [-0.39, 0.29) is 12.0 Å². The molecule has 3 unspecified atom stereocenters. The molecule has 2 rings (SSSR count). The van der Waals surface area contributed by atoms with Gasteiger partial charge >= 0.3 is 5.97 Å². The smallest absolute Gasteiger partial charge is 0.308 e.